The number of rotatable bonds is 7. The molecule has 4 nitrogen and oxygen atoms in total. The van der Waals surface area contributed by atoms with Gasteiger partial charge in [-0.25, -0.2) is 0 Å². The Morgan fingerprint density at radius 3 is 2.45 bits per heavy atom. The summed E-state index contributed by atoms with van der Waals surface area (Å²) >= 11 is 2.22. The quantitative estimate of drug-likeness (QED) is 0.713. The van der Waals surface area contributed by atoms with Gasteiger partial charge in [-0.1, -0.05) is 24.3 Å². The lowest BCUT2D eigenvalue weighted by molar-refractivity contribution is -0.123. The van der Waals surface area contributed by atoms with Gasteiger partial charge in [0.15, 0.2) is 6.61 Å². The summed E-state index contributed by atoms with van der Waals surface area (Å²) in [5.74, 6) is 0.543. The largest absolute Gasteiger partial charge is 0.484 e. The van der Waals surface area contributed by atoms with Gasteiger partial charge in [0.2, 0.25) is 0 Å². The van der Waals surface area contributed by atoms with E-state index in [0.29, 0.717) is 18.9 Å². The van der Waals surface area contributed by atoms with Crippen molar-refractivity contribution >= 4 is 28.5 Å². The molecular formula is C17H18INO3. The van der Waals surface area contributed by atoms with Crippen molar-refractivity contribution in [3.8, 4) is 5.75 Å². The molecule has 0 radical (unpaired) electrons. The number of amides is 1. The normalized spacial score (nSPS) is 10.3. The first-order valence-electron chi connectivity index (χ1n) is 6.90. The van der Waals surface area contributed by atoms with Gasteiger partial charge >= 0.3 is 0 Å². The molecule has 0 fully saturated rings. The van der Waals surface area contributed by atoms with Crippen molar-refractivity contribution in [2.24, 2.45) is 0 Å². The fraction of sp³-hybridized carbons (Fsp3) is 0.235. The second-order valence-corrected chi connectivity index (χ2v) is 5.97. The zero-order chi connectivity index (χ0) is 15.8. The van der Waals surface area contributed by atoms with Crippen LogP contribution in [0, 0.1) is 3.57 Å². The molecule has 0 heterocycles. The van der Waals surface area contributed by atoms with Crippen molar-refractivity contribution in [3.63, 3.8) is 0 Å². The first-order valence-corrected chi connectivity index (χ1v) is 7.97. The van der Waals surface area contributed by atoms with E-state index in [9.17, 15) is 4.79 Å². The Morgan fingerprint density at radius 2 is 1.77 bits per heavy atom. The zero-order valence-electron chi connectivity index (χ0n) is 12.3. The molecule has 0 unspecified atom stereocenters. The van der Waals surface area contributed by atoms with E-state index in [4.69, 9.17) is 9.47 Å². The standard InChI is InChI=1S/C17H18INO3/c1-21-11-14-5-3-2-4-13(14)10-19-17(20)12-22-16-8-6-15(18)7-9-16/h2-9H,10-12H2,1H3,(H,19,20). The van der Waals surface area contributed by atoms with Crippen molar-refractivity contribution in [1.29, 1.82) is 0 Å². The number of nitrogens with one attached hydrogen (secondary N) is 1. The predicted octanol–water partition coefficient (Wildman–Crippen LogP) is 3.13. The van der Waals surface area contributed by atoms with Crippen LogP contribution in [-0.2, 0) is 22.7 Å². The van der Waals surface area contributed by atoms with Gasteiger partial charge in [-0.05, 0) is 58.0 Å². The number of halogens is 1. The third-order valence-corrected chi connectivity index (χ3v) is 3.80. The summed E-state index contributed by atoms with van der Waals surface area (Å²) in [6.45, 7) is 1.01. The van der Waals surface area contributed by atoms with Gasteiger partial charge in [-0.3, -0.25) is 4.79 Å². The van der Waals surface area contributed by atoms with Crippen LogP contribution < -0.4 is 10.1 Å². The lowest BCUT2D eigenvalue weighted by Gasteiger charge is -2.11. The molecule has 0 aliphatic rings. The van der Waals surface area contributed by atoms with Crippen LogP contribution in [0.4, 0.5) is 0 Å². The number of carbonyl (C=O) groups excluding carboxylic acids is 1. The van der Waals surface area contributed by atoms with Crippen LogP contribution in [0.15, 0.2) is 48.5 Å². The summed E-state index contributed by atoms with van der Waals surface area (Å²) in [7, 11) is 1.66. The van der Waals surface area contributed by atoms with Gasteiger partial charge in [0.25, 0.3) is 5.91 Å². The summed E-state index contributed by atoms with van der Waals surface area (Å²) in [4.78, 5) is 11.9. The summed E-state index contributed by atoms with van der Waals surface area (Å²) < 4.78 is 11.7. The van der Waals surface area contributed by atoms with Crippen molar-refractivity contribution in [1.82, 2.24) is 5.32 Å². The minimum atomic E-state index is -0.147. The lowest BCUT2D eigenvalue weighted by Crippen LogP contribution is -2.28. The highest BCUT2D eigenvalue weighted by Gasteiger charge is 2.05. The third-order valence-electron chi connectivity index (χ3n) is 3.08. The maximum atomic E-state index is 11.9. The molecule has 0 atom stereocenters. The first-order chi connectivity index (χ1) is 10.7. The second kappa shape index (κ2) is 8.75. The molecule has 0 bridgehead atoms. The maximum absolute atomic E-state index is 11.9. The van der Waals surface area contributed by atoms with Crippen LogP contribution >= 0.6 is 22.6 Å². The highest BCUT2D eigenvalue weighted by Crippen LogP contribution is 2.13. The highest BCUT2D eigenvalue weighted by molar-refractivity contribution is 14.1. The highest BCUT2D eigenvalue weighted by atomic mass is 127. The third kappa shape index (κ3) is 5.31. The molecule has 22 heavy (non-hydrogen) atoms. The molecule has 2 aromatic carbocycles. The van der Waals surface area contributed by atoms with Crippen LogP contribution in [0.1, 0.15) is 11.1 Å². The van der Waals surface area contributed by atoms with Gasteiger partial charge < -0.3 is 14.8 Å². The van der Waals surface area contributed by atoms with Gasteiger partial charge in [0, 0.05) is 17.2 Å². The first kappa shape index (κ1) is 16.8. The second-order valence-electron chi connectivity index (χ2n) is 4.72. The van der Waals surface area contributed by atoms with Crippen molar-refractivity contribution in [3.05, 3.63) is 63.2 Å². The number of ether oxygens (including phenoxy) is 2. The fourth-order valence-electron chi connectivity index (χ4n) is 1.95. The average Bonchev–Trinajstić information content (AvgIpc) is 2.54. The molecule has 0 saturated heterocycles. The van der Waals surface area contributed by atoms with E-state index in [-0.39, 0.29) is 12.5 Å². The van der Waals surface area contributed by atoms with E-state index in [0.717, 1.165) is 14.7 Å². The molecule has 1 amide bonds. The van der Waals surface area contributed by atoms with Crippen LogP contribution in [0.25, 0.3) is 0 Å². The summed E-state index contributed by atoms with van der Waals surface area (Å²) in [5.41, 5.74) is 2.12. The number of hydrogen-bond donors (Lipinski definition) is 1. The molecular weight excluding hydrogens is 393 g/mol. The van der Waals surface area contributed by atoms with Gasteiger partial charge in [-0.15, -0.1) is 0 Å². The van der Waals surface area contributed by atoms with Crippen LogP contribution in [-0.4, -0.2) is 19.6 Å². The number of methoxy groups -OCH3 is 1. The maximum Gasteiger partial charge on any atom is 0.258 e. The SMILES string of the molecule is COCc1ccccc1CNC(=O)COc1ccc(I)cc1. The van der Waals surface area contributed by atoms with Crippen molar-refractivity contribution in [2.75, 3.05) is 13.7 Å². The van der Waals surface area contributed by atoms with E-state index in [1.165, 1.54) is 0 Å². The Hall–Kier alpha value is -1.60. The van der Waals surface area contributed by atoms with E-state index in [1.54, 1.807) is 7.11 Å². The smallest absolute Gasteiger partial charge is 0.258 e. The fourth-order valence-corrected chi connectivity index (χ4v) is 2.31. The van der Waals surface area contributed by atoms with Crippen LogP contribution in [0.5, 0.6) is 5.75 Å². The topological polar surface area (TPSA) is 47.6 Å². The minimum Gasteiger partial charge on any atom is -0.484 e. The van der Waals surface area contributed by atoms with Gasteiger partial charge in [0.05, 0.1) is 6.61 Å². The molecule has 2 rings (SSSR count). The molecule has 0 aliphatic heterocycles. The summed E-state index contributed by atoms with van der Waals surface area (Å²) in [6.07, 6.45) is 0. The Bertz CT molecular complexity index is 614. The van der Waals surface area contributed by atoms with E-state index < -0.39 is 0 Å². The molecule has 0 aromatic heterocycles. The monoisotopic (exact) mass is 411 g/mol. The Balaban J connectivity index is 1.81. The average molecular weight is 411 g/mol. The molecule has 0 spiro atoms. The Labute approximate surface area is 144 Å². The molecule has 1 N–H and O–H groups in total. The van der Waals surface area contributed by atoms with E-state index >= 15 is 0 Å². The van der Waals surface area contributed by atoms with Gasteiger partial charge in [-0.2, -0.15) is 0 Å². The summed E-state index contributed by atoms with van der Waals surface area (Å²) in [6, 6.07) is 15.5. The van der Waals surface area contributed by atoms with Crippen molar-refractivity contribution in [2.45, 2.75) is 13.2 Å². The summed E-state index contributed by atoms with van der Waals surface area (Å²) in [5, 5.41) is 2.86. The van der Waals surface area contributed by atoms with E-state index in [1.807, 2.05) is 48.5 Å². The molecule has 0 saturated carbocycles. The number of benzene rings is 2. The van der Waals surface area contributed by atoms with Crippen molar-refractivity contribution < 1.29 is 14.3 Å². The molecule has 116 valence electrons. The Kier molecular flexibility index (Phi) is 6.67. The minimum absolute atomic E-state index is 0.00698. The Morgan fingerprint density at radius 1 is 1.09 bits per heavy atom. The van der Waals surface area contributed by atoms with Gasteiger partial charge in [0.1, 0.15) is 5.75 Å². The number of carbonyl (C=O) groups is 1. The lowest BCUT2D eigenvalue weighted by atomic mass is 10.1. The predicted molar refractivity (Wildman–Crippen MR) is 93.7 cm³/mol. The number of hydrogen-bond acceptors (Lipinski definition) is 3. The molecule has 0 aliphatic carbocycles. The molecule has 2 aromatic rings. The molecule has 5 heteroatoms. The zero-order valence-corrected chi connectivity index (χ0v) is 14.5. The van der Waals surface area contributed by atoms with Crippen LogP contribution in [0.3, 0.4) is 0 Å². The van der Waals surface area contributed by atoms with Crippen LogP contribution in [0.2, 0.25) is 0 Å². The van der Waals surface area contributed by atoms with E-state index in [2.05, 4.69) is 27.9 Å².